The molecule has 3 aromatic rings. The predicted octanol–water partition coefficient (Wildman–Crippen LogP) is 5.52. The van der Waals surface area contributed by atoms with Gasteiger partial charge in [0.2, 0.25) is 0 Å². The highest BCUT2D eigenvalue weighted by Gasteiger charge is 2.22. The van der Waals surface area contributed by atoms with Gasteiger partial charge >= 0.3 is 0 Å². The number of rotatable bonds is 6. The number of benzene rings is 3. The predicted molar refractivity (Wildman–Crippen MR) is 134 cm³/mol. The highest BCUT2D eigenvalue weighted by molar-refractivity contribution is 5.94. The lowest BCUT2D eigenvalue weighted by Crippen LogP contribution is -2.48. The van der Waals surface area contributed by atoms with E-state index in [1.54, 1.807) is 0 Å². The Morgan fingerprint density at radius 2 is 1.48 bits per heavy atom. The number of piperazine rings is 1. The first kappa shape index (κ1) is 23.1. The molecule has 1 fully saturated rings. The van der Waals surface area contributed by atoms with Gasteiger partial charge in [0.05, 0.1) is 0 Å². The van der Waals surface area contributed by atoms with Crippen LogP contribution in [0.3, 0.4) is 0 Å². The normalized spacial score (nSPS) is 14.8. The van der Waals surface area contributed by atoms with Crippen molar-refractivity contribution in [2.45, 2.75) is 39.3 Å². The van der Waals surface area contributed by atoms with Crippen LogP contribution in [0.15, 0.2) is 78.9 Å². The molecule has 3 aromatic carbocycles. The average Bonchev–Trinajstić information content (AvgIpc) is 2.83. The molecule has 4 heteroatoms. The van der Waals surface area contributed by atoms with E-state index in [1.165, 1.54) is 11.1 Å². The van der Waals surface area contributed by atoms with Gasteiger partial charge in [-0.15, -0.1) is 0 Å². The molecule has 1 saturated heterocycles. The third-order valence-corrected chi connectivity index (χ3v) is 6.21. The van der Waals surface area contributed by atoms with E-state index in [0.29, 0.717) is 6.61 Å². The van der Waals surface area contributed by atoms with E-state index >= 15 is 0 Å². The second-order valence-electron chi connectivity index (χ2n) is 9.82. The van der Waals surface area contributed by atoms with Gasteiger partial charge in [0, 0.05) is 38.3 Å². The topological polar surface area (TPSA) is 32.8 Å². The molecule has 1 aliphatic rings. The third-order valence-electron chi connectivity index (χ3n) is 6.21. The summed E-state index contributed by atoms with van der Waals surface area (Å²) < 4.78 is 5.98. The number of ether oxygens (including phenoxy) is 1. The summed E-state index contributed by atoms with van der Waals surface area (Å²) in [5.41, 5.74) is 4.46. The molecule has 0 aliphatic carbocycles. The van der Waals surface area contributed by atoms with Crippen molar-refractivity contribution < 1.29 is 9.53 Å². The third kappa shape index (κ3) is 6.23. The molecule has 4 rings (SSSR count). The van der Waals surface area contributed by atoms with Crippen molar-refractivity contribution in [1.29, 1.82) is 0 Å². The molecule has 33 heavy (non-hydrogen) atoms. The Morgan fingerprint density at radius 1 is 0.818 bits per heavy atom. The fourth-order valence-electron chi connectivity index (χ4n) is 4.15. The second kappa shape index (κ2) is 10.2. The molecule has 0 saturated carbocycles. The van der Waals surface area contributed by atoms with Crippen LogP contribution in [-0.4, -0.2) is 41.9 Å². The summed E-state index contributed by atoms with van der Waals surface area (Å²) in [6.07, 6.45) is 0. The molecular weight excluding hydrogens is 408 g/mol. The minimum absolute atomic E-state index is 0.103. The molecule has 1 amide bonds. The lowest BCUT2D eigenvalue weighted by molar-refractivity contribution is 0.0628. The van der Waals surface area contributed by atoms with Crippen molar-refractivity contribution in [2.24, 2.45) is 0 Å². The van der Waals surface area contributed by atoms with Crippen LogP contribution in [0.1, 0.15) is 47.8 Å². The Bertz CT molecular complexity index is 1050. The summed E-state index contributed by atoms with van der Waals surface area (Å²) in [6.45, 7) is 11.3. The summed E-state index contributed by atoms with van der Waals surface area (Å²) in [5.74, 6) is 0.944. The van der Waals surface area contributed by atoms with E-state index in [1.807, 2.05) is 47.4 Å². The van der Waals surface area contributed by atoms with Crippen molar-refractivity contribution in [3.8, 4) is 5.75 Å². The quantitative estimate of drug-likeness (QED) is 0.504. The lowest BCUT2D eigenvalue weighted by Gasteiger charge is -2.34. The van der Waals surface area contributed by atoms with Crippen LogP contribution in [-0.2, 0) is 18.6 Å². The summed E-state index contributed by atoms with van der Waals surface area (Å²) in [6, 6.07) is 26.6. The zero-order valence-electron chi connectivity index (χ0n) is 20.0. The smallest absolute Gasteiger partial charge is 0.253 e. The zero-order chi connectivity index (χ0) is 23.3. The van der Waals surface area contributed by atoms with Crippen LogP contribution >= 0.6 is 0 Å². The maximum atomic E-state index is 13.1. The molecule has 0 atom stereocenters. The maximum absolute atomic E-state index is 13.1. The van der Waals surface area contributed by atoms with Gasteiger partial charge in [-0.1, -0.05) is 75.4 Å². The fourth-order valence-corrected chi connectivity index (χ4v) is 4.15. The summed E-state index contributed by atoms with van der Waals surface area (Å²) in [4.78, 5) is 17.5. The SMILES string of the molecule is CC(C)(C)c1ccc(OCc2cccc(C(=O)N3CCN(Cc4ccccc4)CC3)c2)cc1. The van der Waals surface area contributed by atoms with Crippen LogP contribution in [0.4, 0.5) is 0 Å². The molecule has 0 aromatic heterocycles. The highest BCUT2D eigenvalue weighted by Crippen LogP contribution is 2.24. The van der Waals surface area contributed by atoms with Gasteiger partial charge in [-0.3, -0.25) is 9.69 Å². The van der Waals surface area contributed by atoms with E-state index in [0.717, 1.165) is 49.6 Å². The van der Waals surface area contributed by atoms with Crippen LogP contribution in [0.2, 0.25) is 0 Å². The Morgan fingerprint density at radius 3 is 2.15 bits per heavy atom. The first-order chi connectivity index (χ1) is 15.9. The first-order valence-corrected chi connectivity index (χ1v) is 11.8. The Hall–Kier alpha value is -3.11. The monoisotopic (exact) mass is 442 g/mol. The minimum Gasteiger partial charge on any atom is -0.489 e. The van der Waals surface area contributed by atoms with Gasteiger partial charge in [-0.25, -0.2) is 0 Å². The minimum atomic E-state index is 0.103. The largest absolute Gasteiger partial charge is 0.489 e. The van der Waals surface area contributed by atoms with Crippen molar-refractivity contribution in [2.75, 3.05) is 26.2 Å². The van der Waals surface area contributed by atoms with Gasteiger partial charge in [0.15, 0.2) is 0 Å². The fraction of sp³-hybridized carbons (Fsp3) is 0.345. The molecule has 1 heterocycles. The van der Waals surface area contributed by atoms with Gasteiger partial charge < -0.3 is 9.64 Å². The van der Waals surface area contributed by atoms with Gasteiger partial charge in [0.1, 0.15) is 12.4 Å². The standard InChI is InChI=1S/C29H34N2O2/c1-29(2,3)26-12-14-27(15-13-26)33-22-24-10-7-11-25(20-24)28(32)31-18-16-30(17-19-31)21-23-8-5-4-6-9-23/h4-15,20H,16-19,21-22H2,1-3H3. The number of carbonyl (C=O) groups is 1. The molecule has 0 N–H and O–H groups in total. The van der Waals surface area contributed by atoms with Crippen LogP contribution < -0.4 is 4.74 Å². The number of hydrogen-bond donors (Lipinski definition) is 0. The lowest BCUT2D eigenvalue weighted by atomic mass is 9.87. The van der Waals surface area contributed by atoms with E-state index in [4.69, 9.17) is 4.74 Å². The Balaban J connectivity index is 1.30. The van der Waals surface area contributed by atoms with E-state index in [2.05, 4.69) is 62.1 Å². The summed E-state index contributed by atoms with van der Waals surface area (Å²) in [5, 5.41) is 0. The second-order valence-corrected chi connectivity index (χ2v) is 9.82. The number of hydrogen-bond acceptors (Lipinski definition) is 3. The van der Waals surface area contributed by atoms with Crippen molar-refractivity contribution in [3.05, 3.63) is 101 Å². The molecule has 0 radical (unpaired) electrons. The summed E-state index contributed by atoms with van der Waals surface area (Å²) in [7, 11) is 0. The molecule has 172 valence electrons. The van der Waals surface area contributed by atoms with E-state index in [-0.39, 0.29) is 11.3 Å². The summed E-state index contributed by atoms with van der Waals surface area (Å²) >= 11 is 0. The van der Waals surface area contributed by atoms with Crippen LogP contribution in [0.25, 0.3) is 0 Å². The highest BCUT2D eigenvalue weighted by atomic mass is 16.5. The molecule has 1 aliphatic heterocycles. The number of nitrogens with zero attached hydrogens (tertiary/aromatic N) is 2. The van der Waals surface area contributed by atoms with Gasteiger partial charge in [-0.2, -0.15) is 0 Å². The molecule has 0 bridgehead atoms. The van der Waals surface area contributed by atoms with Crippen molar-refractivity contribution in [3.63, 3.8) is 0 Å². The van der Waals surface area contributed by atoms with E-state index < -0.39 is 0 Å². The average molecular weight is 443 g/mol. The Labute approximate surface area is 197 Å². The molecular formula is C29H34N2O2. The molecule has 0 unspecified atom stereocenters. The molecule has 0 spiro atoms. The maximum Gasteiger partial charge on any atom is 0.253 e. The number of amides is 1. The van der Waals surface area contributed by atoms with Gasteiger partial charge in [0.25, 0.3) is 5.91 Å². The van der Waals surface area contributed by atoms with Crippen LogP contribution in [0, 0.1) is 0 Å². The van der Waals surface area contributed by atoms with Gasteiger partial charge in [-0.05, 0) is 46.4 Å². The first-order valence-electron chi connectivity index (χ1n) is 11.8. The molecule has 4 nitrogen and oxygen atoms in total. The van der Waals surface area contributed by atoms with Crippen LogP contribution in [0.5, 0.6) is 5.75 Å². The number of carbonyl (C=O) groups excluding carboxylic acids is 1. The van der Waals surface area contributed by atoms with Crippen molar-refractivity contribution >= 4 is 5.91 Å². The Kier molecular flexibility index (Phi) is 7.14. The van der Waals surface area contributed by atoms with E-state index in [9.17, 15) is 4.79 Å². The van der Waals surface area contributed by atoms with Crippen molar-refractivity contribution in [1.82, 2.24) is 9.80 Å². The zero-order valence-corrected chi connectivity index (χ0v) is 20.0.